The number of carbonyl (C=O) groups excluding carboxylic acids is 1. The first-order valence-corrected chi connectivity index (χ1v) is 9.85. The van der Waals surface area contributed by atoms with Crippen molar-refractivity contribution < 1.29 is 14.3 Å². The summed E-state index contributed by atoms with van der Waals surface area (Å²) in [4.78, 5) is 12.3. The van der Waals surface area contributed by atoms with Gasteiger partial charge >= 0.3 is 0 Å². The molecule has 3 rings (SSSR count). The summed E-state index contributed by atoms with van der Waals surface area (Å²) in [7, 11) is 3.13. The maximum atomic E-state index is 12.3. The smallest absolute Gasteiger partial charge is 0.234 e. The number of hydrogen-bond donors (Lipinski definition) is 2. The maximum Gasteiger partial charge on any atom is 0.234 e. The largest absolute Gasteiger partial charge is 0.493 e. The number of anilines is 1. The molecular formula is C20H23N5O3S. The van der Waals surface area contributed by atoms with Crippen LogP contribution in [-0.4, -0.2) is 40.8 Å². The fourth-order valence-electron chi connectivity index (χ4n) is 2.75. The predicted octanol–water partition coefficient (Wildman–Crippen LogP) is 3.02. The number of ether oxygens (including phenoxy) is 2. The maximum absolute atomic E-state index is 12.3. The van der Waals surface area contributed by atoms with Gasteiger partial charge in [-0.3, -0.25) is 4.79 Å². The summed E-state index contributed by atoms with van der Waals surface area (Å²) in [5.74, 6) is 7.80. The zero-order valence-electron chi connectivity index (χ0n) is 16.7. The Kier molecular flexibility index (Phi) is 6.28. The Morgan fingerprint density at radius 3 is 2.62 bits per heavy atom. The summed E-state index contributed by atoms with van der Waals surface area (Å²) in [6.45, 7) is 3.98. The van der Waals surface area contributed by atoms with Gasteiger partial charge in [0.05, 0.1) is 20.0 Å². The third-order valence-corrected chi connectivity index (χ3v) is 5.46. The SMILES string of the molecule is COc1ccc(-c2nnc(SCC(=O)Nc3cccc(C)c3C)n2N)cc1OC. The highest BCUT2D eigenvalue weighted by atomic mass is 32.2. The van der Waals surface area contributed by atoms with Crippen molar-refractivity contribution in [2.24, 2.45) is 0 Å². The molecule has 2 aromatic carbocycles. The number of aryl methyl sites for hydroxylation is 1. The highest BCUT2D eigenvalue weighted by molar-refractivity contribution is 7.99. The van der Waals surface area contributed by atoms with E-state index in [0.29, 0.717) is 22.5 Å². The standard InChI is InChI=1S/C20H23N5O3S/c1-12-6-5-7-15(13(12)2)22-18(26)11-29-20-24-23-19(25(20)21)14-8-9-16(27-3)17(10-14)28-4/h5-10H,11,21H2,1-4H3,(H,22,26). The summed E-state index contributed by atoms with van der Waals surface area (Å²) in [5, 5.41) is 11.6. The Labute approximate surface area is 173 Å². The van der Waals surface area contributed by atoms with Crippen molar-refractivity contribution in [3.63, 3.8) is 0 Å². The van der Waals surface area contributed by atoms with Gasteiger partial charge in [0.15, 0.2) is 17.3 Å². The highest BCUT2D eigenvalue weighted by Gasteiger charge is 2.16. The molecule has 3 N–H and O–H groups in total. The molecular weight excluding hydrogens is 390 g/mol. The second-order valence-electron chi connectivity index (χ2n) is 6.33. The number of nitrogens with one attached hydrogen (secondary N) is 1. The van der Waals surface area contributed by atoms with Crippen molar-refractivity contribution in [1.82, 2.24) is 14.9 Å². The second-order valence-corrected chi connectivity index (χ2v) is 7.27. The van der Waals surface area contributed by atoms with Crippen LogP contribution in [0.2, 0.25) is 0 Å². The van der Waals surface area contributed by atoms with Gasteiger partial charge in [0.1, 0.15) is 0 Å². The number of aromatic nitrogens is 3. The summed E-state index contributed by atoms with van der Waals surface area (Å²) in [6.07, 6.45) is 0. The zero-order chi connectivity index (χ0) is 21.0. The van der Waals surface area contributed by atoms with Crippen molar-refractivity contribution in [2.45, 2.75) is 19.0 Å². The van der Waals surface area contributed by atoms with Crippen LogP contribution < -0.4 is 20.6 Å². The van der Waals surface area contributed by atoms with Gasteiger partial charge in [-0.15, -0.1) is 10.2 Å². The number of carbonyl (C=O) groups is 1. The summed E-state index contributed by atoms with van der Waals surface area (Å²) in [6, 6.07) is 11.2. The third kappa shape index (κ3) is 4.45. The molecule has 9 heteroatoms. The van der Waals surface area contributed by atoms with Crippen LogP contribution in [0.3, 0.4) is 0 Å². The van der Waals surface area contributed by atoms with Crippen LogP contribution in [0.5, 0.6) is 11.5 Å². The topological polar surface area (TPSA) is 104 Å². The molecule has 0 atom stereocenters. The van der Waals surface area contributed by atoms with E-state index in [2.05, 4.69) is 15.5 Å². The number of thioether (sulfide) groups is 1. The Morgan fingerprint density at radius 1 is 1.14 bits per heavy atom. The quantitative estimate of drug-likeness (QED) is 0.453. The minimum atomic E-state index is -0.139. The lowest BCUT2D eigenvalue weighted by atomic mass is 10.1. The van der Waals surface area contributed by atoms with Crippen LogP contribution >= 0.6 is 11.8 Å². The Morgan fingerprint density at radius 2 is 1.90 bits per heavy atom. The molecule has 1 aromatic heterocycles. The Bertz CT molecular complexity index is 1030. The van der Waals surface area contributed by atoms with Crippen LogP contribution in [0, 0.1) is 13.8 Å². The van der Waals surface area contributed by atoms with Gasteiger partial charge in [0, 0.05) is 11.3 Å². The molecule has 152 valence electrons. The monoisotopic (exact) mass is 413 g/mol. The van der Waals surface area contributed by atoms with Gasteiger partial charge in [0.25, 0.3) is 0 Å². The summed E-state index contributed by atoms with van der Waals surface area (Å²) < 4.78 is 11.9. The van der Waals surface area contributed by atoms with Crippen LogP contribution in [0.15, 0.2) is 41.6 Å². The highest BCUT2D eigenvalue weighted by Crippen LogP contribution is 2.32. The van der Waals surface area contributed by atoms with Gasteiger partial charge in [-0.2, -0.15) is 0 Å². The van der Waals surface area contributed by atoms with Gasteiger partial charge < -0.3 is 20.6 Å². The van der Waals surface area contributed by atoms with E-state index >= 15 is 0 Å². The molecule has 3 aromatic rings. The average Bonchev–Trinajstić information content (AvgIpc) is 3.09. The van der Waals surface area contributed by atoms with E-state index in [0.717, 1.165) is 22.4 Å². The molecule has 0 aliphatic carbocycles. The van der Waals surface area contributed by atoms with Gasteiger partial charge in [0.2, 0.25) is 11.1 Å². The minimum Gasteiger partial charge on any atom is -0.493 e. The van der Waals surface area contributed by atoms with Crippen molar-refractivity contribution >= 4 is 23.4 Å². The van der Waals surface area contributed by atoms with E-state index in [-0.39, 0.29) is 11.7 Å². The van der Waals surface area contributed by atoms with Gasteiger partial charge in [-0.25, -0.2) is 4.68 Å². The molecule has 0 aliphatic heterocycles. The third-order valence-electron chi connectivity index (χ3n) is 4.52. The van der Waals surface area contributed by atoms with E-state index in [9.17, 15) is 4.79 Å². The van der Waals surface area contributed by atoms with Crippen LogP contribution in [0.25, 0.3) is 11.4 Å². The first kappa shape index (κ1) is 20.5. The Balaban J connectivity index is 1.70. The molecule has 0 aliphatic rings. The first-order chi connectivity index (χ1) is 13.9. The Hall–Kier alpha value is -3.20. The van der Waals surface area contributed by atoms with Crippen LogP contribution in [0.4, 0.5) is 5.69 Å². The molecule has 29 heavy (non-hydrogen) atoms. The molecule has 0 bridgehead atoms. The molecule has 0 radical (unpaired) electrons. The molecule has 0 saturated heterocycles. The molecule has 0 fully saturated rings. The molecule has 8 nitrogen and oxygen atoms in total. The predicted molar refractivity (Wildman–Crippen MR) is 114 cm³/mol. The normalized spacial score (nSPS) is 10.6. The van der Waals surface area contributed by atoms with E-state index < -0.39 is 0 Å². The average molecular weight is 414 g/mol. The van der Waals surface area contributed by atoms with Crippen molar-refractivity contribution in [3.8, 4) is 22.9 Å². The van der Waals surface area contributed by atoms with E-state index in [1.165, 1.54) is 16.4 Å². The van der Waals surface area contributed by atoms with E-state index in [1.807, 2.05) is 38.1 Å². The molecule has 1 amide bonds. The van der Waals surface area contributed by atoms with Crippen molar-refractivity contribution in [2.75, 3.05) is 31.1 Å². The van der Waals surface area contributed by atoms with Crippen molar-refractivity contribution in [1.29, 1.82) is 0 Å². The fourth-order valence-corrected chi connectivity index (χ4v) is 3.41. The lowest BCUT2D eigenvalue weighted by Gasteiger charge is -2.10. The lowest BCUT2D eigenvalue weighted by Crippen LogP contribution is -2.17. The number of nitrogens with zero attached hydrogens (tertiary/aromatic N) is 3. The van der Waals surface area contributed by atoms with Gasteiger partial charge in [-0.1, -0.05) is 23.9 Å². The van der Waals surface area contributed by atoms with Gasteiger partial charge in [-0.05, 0) is 49.2 Å². The first-order valence-electron chi connectivity index (χ1n) is 8.86. The van der Waals surface area contributed by atoms with Crippen molar-refractivity contribution in [3.05, 3.63) is 47.5 Å². The number of rotatable bonds is 7. The number of methoxy groups -OCH3 is 2. The van der Waals surface area contributed by atoms with E-state index in [1.54, 1.807) is 26.4 Å². The summed E-state index contributed by atoms with van der Waals surface area (Å²) in [5.41, 5.74) is 3.69. The molecule has 0 spiro atoms. The molecule has 0 unspecified atom stereocenters. The fraction of sp³-hybridized carbons (Fsp3) is 0.250. The number of benzene rings is 2. The number of nitrogen functional groups attached to an aromatic ring is 1. The summed E-state index contributed by atoms with van der Waals surface area (Å²) >= 11 is 1.21. The minimum absolute atomic E-state index is 0.139. The van der Waals surface area contributed by atoms with Crippen LogP contribution in [0.1, 0.15) is 11.1 Å². The number of nitrogens with two attached hydrogens (primary N) is 1. The second kappa shape index (κ2) is 8.87. The number of amides is 1. The zero-order valence-corrected chi connectivity index (χ0v) is 17.5. The molecule has 1 heterocycles. The lowest BCUT2D eigenvalue weighted by molar-refractivity contribution is -0.113. The number of hydrogen-bond acceptors (Lipinski definition) is 7. The molecule has 0 saturated carbocycles. The van der Waals surface area contributed by atoms with Crippen LogP contribution in [-0.2, 0) is 4.79 Å². The van der Waals surface area contributed by atoms with E-state index in [4.69, 9.17) is 15.3 Å².